The van der Waals surface area contributed by atoms with Crippen molar-refractivity contribution in [3.8, 4) is 11.8 Å². The van der Waals surface area contributed by atoms with E-state index in [9.17, 15) is 21.6 Å². The molecule has 7 nitrogen and oxygen atoms in total. The third-order valence-corrected chi connectivity index (χ3v) is 7.56. The van der Waals surface area contributed by atoms with Crippen LogP contribution in [0.25, 0.3) is 0 Å². The molecule has 1 saturated carbocycles. The van der Waals surface area contributed by atoms with Crippen LogP contribution in [-0.4, -0.2) is 44.0 Å². The molecular weight excluding hydrogens is 471 g/mol. The fourth-order valence-electron chi connectivity index (χ4n) is 3.74. The smallest absolute Gasteiger partial charge is 0.406 e. The van der Waals surface area contributed by atoms with Gasteiger partial charge in [-0.1, -0.05) is 17.3 Å². The first kappa shape index (κ1) is 24.0. The Kier molecular flexibility index (Phi) is 6.81. The lowest BCUT2D eigenvalue weighted by Crippen LogP contribution is -2.40. The van der Waals surface area contributed by atoms with Crippen molar-refractivity contribution in [3.63, 3.8) is 0 Å². The van der Waals surface area contributed by atoms with Crippen LogP contribution in [0.4, 0.5) is 13.2 Å². The van der Waals surface area contributed by atoms with Crippen molar-refractivity contribution in [2.75, 3.05) is 13.1 Å². The molecule has 34 heavy (non-hydrogen) atoms. The Bertz CT molecular complexity index is 1200. The molecule has 4 rings (SSSR count). The third kappa shape index (κ3) is 5.87. The normalized spacial score (nSPS) is 18.4. The number of nitrogens with zero attached hydrogens (tertiary/aromatic N) is 3. The van der Waals surface area contributed by atoms with Crippen LogP contribution in [-0.2, 0) is 14.9 Å². The molecule has 1 aliphatic heterocycles. The van der Waals surface area contributed by atoms with Crippen molar-refractivity contribution in [1.82, 2.24) is 4.31 Å². The lowest BCUT2D eigenvalue weighted by atomic mass is 10.0. The molecule has 1 aliphatic carbocycles. The topological polar surface area (TPSA) is 92.0 Å². The Balaban J connectivity index is 1.37. The SMILES string of the molecule is N#Cc1cccc(C(=NOC2CCN(S(=O)(=O)c3ccc(OC(F)(F)F)cc3)CC2)C2CC2)c1. The van der Waals surface area contributed by atoms with Crippen LogP contribution < -0.4 is 4.74 Å². The molecule has 2 aromatic rings. The maximum Gasteiger partial charge on any atom is 0.573 e. The zero-order valence-corrected chi connectivity index (χ0v) is 18.8. The van der Waals surface area contributed by atoms with Gasteiger partial charge >= 0.3 is 6.36 Å². The van der Waals surface area contributed by atoms with Gasteiger partial charge in [-0.05, 0) is 49.2 Å². The lowest BCUT2D eigenvalue weighted by Gasteiger charge is -2.30. The highest BCUT2D eigenvalue weighted by Crippen LogP contribution is 2.34. The van der Waals surface area contributed by atoms with Crippen molar-refractivity contribution >= 4 is 15.7 Å². The van der Waals surface area contributed by atoms with Gasteiger partial charge in [-0.15, -0.1) is 13.2 Å². The minimum atomic E-state index is -4.84. The number of hydrogen-bond donors (Lipinski definition) is 0. The molecule has 1 saturated heterocycles. The van der Waals surface area contributed by atoms with Gasteiger partial charge in [0, 0.05) is 37.4 Å². The second-order valence-electron chi connectivity index (χ2n) is 8.17. The number of halogens is 3. The summed E-state index contributed by atoms with van der Waals surface area (Å²) < 4.78 is 67.7. The molecule has 11 heteroatoms. The molecule has 0 amide bonds. The molecule has 180 valence electrons. The molecule has 0 atom stereocenters. The van der Waals surface area contributed by atoms with Crippen LogP contribution in [0.1, 0.15) is 36.8 Å². The second-order valence-corrected chi connectivity index (χ2v) is 10.1. The van der Waals surface area contributed by atoms with E-state index < -0.39 is 22.1 Å². The van der Waals surface area contributed by atoms with Crippen LogP contribution in [0.2, 0.25) is 0 Å². The fraction of sp³-hybridized carbons (Fsp3) is 0.391. The van der Waals surface area contributed by atoms with Crippen molar-refractivity contribution in [2.24, 2.45) is 11.1 Å². The Hall–Kier alpha value is -3.10. The van der Waals surface area contributed by atoms with E-state index in [0.29, 0.717) is 24.3 Å². The summed E-state index contributed by atoms with van der Waals surface area (Å²) in [5.41, 5.74) is 2.19. The average Bonchev–Trinajstić information content (AvgIpc) is 3.64. The first-order valence-corrected chi connectivity index (χ1v) is 12.2. The highest BCUT2D eigenvalue weighted by Gasteiger charge is 2.33. The van der Waals surface area contributed by atoms with E-state index in [1.807, 2.05) is 6.07 Å². The lowest BCUT2D eigenvalue weighted by molar-refractivity contribution is -0.274. The Labute approximate surface area is 195 Å². The van der Waals surface area contributed by atoms with Gasteiger partial charge in [-0.2, -0.15) is 9.57 Å². The standard InChI is InChI=1S/C23H22F3N3O4S/c24-23(25,26)32-19-6-8-21(9-7-19)34(30,31)29-12-10-20(11-13-29)33-28-22(17-4-5-17)18-3-1-2-16(14-18)15-27/h1-3,6-9,14,17,20H,4-5,10-13H2. The van der Waals surface area contributed by atoms with Crippen LogP contribution in [0.15, 0.2) is 58.6 Å². The number of hydrogen-bond acceptors (Lipinski definition) is 6. The number of piperidine rings is 1. The maximum atomic E-state index is 12.9. The van der Waals surface area contributed by atoms with Crippen LogP contribution in [0.5, 0.6) is 5.75 Å². The largest absolute Gasteiger partial charge is 0.573 e. The van der Waals surface area contributed by atoms with Gasteiger partial charge in [-0.3, -0.25) is 0 Å². The second kappa shape index (κ2) is 9.64. The van der Waals surface area contributed by atoms with Crippen molar-refractivity contribution in [3.05, 3.63) is 59.7 Å². The van der Waals surface area contributed by atoms with Gasteiger partial charge in [0.2, 0.25) is 10.0 Å². The minimum Gasteiger partial charge on any atom is -0.406 e. The van der Waals surface area contributed by atoms with E-state index in [1.54, 1.807) is 18.2 Å². The number of nitriles is 1. The summed E-state index contributed by atoms with van der Waals surface area (Å²) in [5, 5.41) is 13.5. The number of ether oxygens (including phenoxy) is 1. The quantitative estimate of drug-likeness (QED) is 0.420. The molecule has 0 bridgehead atoms. The summed E-state index contributed by atoms with van der Waals surface area (Å²) in [6.45, 7) is 0.401. The predicted octanol–water partition coefficient (Wildman–Crippen LogP) is 4.44. The van der Waals surface area contributed by atoms with Crippen molar-refractivity contribution in [2.45, 2.75) is 43.0 Å². The first-order valence-electron chi connectivity index (χ1n) is 10.8. The highest BCUT2D eigenvalue weighted by molar-refractivity contribution is 7.89. The number of rotatable bonds is 7. The van der Waals surface area contributed by atoms with Gasteiger partial charge in [0.1, 0.15) is 11.9 Å². The van der Waals surface area contributed by atoms with Gasteiger partial charge in [0.05, 0.1) is 22.2 Å². The average molecular weight is 494 g/mol. The van der Waals surface area contributed by atoms with E-state index in [-0.39, 0.29) is 24.1 Å². The molecular formula is C23H22F3N3O4S. The Morgan fingerprint density at radius 3 is 2.32 bits per heavy atom. The maximum absolute atomic E-state index is 12.9. The zero-order chi connectivity index (χ0) is 24.3. The van der Waals surface area contributed by atoms with Gasteiger partial charge in [-0.25, -0.2) is 8.42 Å². The summed E-state index contributed by atoms with van der Waals surface area (Å²) in [5.74, 6) is -0.193. The van der Waals surface area contributed by atoms with Crippen LogP contribution in [0, 0.1) is 17.2 Å². The van der Waals surface area contributed by atoms with Gasteiger partial charge in [0.25, 0.3) is 0 Å². The van der Waals surface area contributed by atoms with E-state index in [1.165, 1.54) is 4.31 Å². The molecule has 0 spiro atoms. The molecule has 1 heterocycles. The predicted molar refractivity (Wildman–Crippen MR) is 116 cm³/mol. The number of alkyl halides is 3. The monoisotopic (exact) mass is 493 g/mol. The first-order chi connectivity index (χ1) is 16.2. The van der Waals surface area contributed by atoms with Crippen LogP contribution >= 0.6 is 0 Å². The van der Waals surface area contributed by atoms with E-state index >= 15 is 0 Å². The molecule has 2 fully saturated rings. The van der Waals surface area contributed by atoms with Gasteiger partial charge in [0.15, 0.2) is 0 Å². The fourth-order valence-corrected chi connectivity index (χ4v) is 5.21. The summed E-state index contributed by atoms with van der Waals surface area (Å²) in [7, 11) is -3.86. The third-order valence-electron chi connectivity index (χ3n) is 5.65. The number of sulfonamides is 1. The molecule has 0 unspecified atom stereocenters. The number of benzene rings is 2. The Morgan fingerprint density at radius 2 is 1.74 bits per heavy atom. The highest BCUT2D eigenvalue weighted by atomic mass is 32.2. The molecule has 0 aromatic heterocycles. The van der Waals surface area contributed by atoms with E-state index in [4.69, 9.17) is 10.1 Å². The van der Waals surface area contributed by atoms with E-state index in [2.05, 4.69) is 16.0 Å². The minimum absolute atomic E-state index is 0.104. The summed E-state index contributed by atoms with van der Waals surface area (Å²) in [4.78, 5) is 5.66. The summed E-state index contributed by atoms with van der Waals surface area (Å²) in [6.07, 6.45) is -2.25. The van der Waals surface area contributed by atoms with Crippen molar-refractivity contribution < 1.29 is 31.2 Å². The number of oxime groups is 1. The van der Waals surface area contributed by atoms with Crippen molar-refractivity contribution in [1.29, 1.82) is 5.26 Å². The summed E-state index contributed by atoms with van der Waals surface area (Å²) in [6, 6.07) is 13.5. The van der Waals surface area contributed by atoms with Gasteiger partial charge < -0.3 is 9.57 Å². The molecule has 0 radical (unpaired) electrons. The Morgan fingerprint density at radius 1 is 1.06 bits per heavy atom. The van der Waals surface area contributed by atoms with E-state index in [0.717, 1.165) is 48.4 Å². The zero-order valence-electron chi connectivity index (χ0n) is 18.0. The molecule has 2 aliphatic rings. The summed E-state index contributed by atoms with van der Waals surface area (Å²) >= 11 is 0. The molecule has 0 N–H and O–H groups in total. The van der Waals surface area contributed by atoms with Crippen LogP contribution in [0.3, 0.4) is 0 Å². The molecule has 2 aromatic carbocycles.